The monoisotopic (exact) mass is 397 g/mol. The van der Waals surface area contributed by atoms with E-state index in [1.54, 1.807) is 0 Å². The fraction of sp³-hybridized carbons (Fsp3) is 0.600. The van der Waals surface area contributed by atoms with E-state index in [2.05, 4.69) is 35.3 Å². The van der Waals surface area contributed by atoms with Crippen molar-refractivity contribution in [3.8, 4) is 0 Å². The third-order valence-electron chi connectivity index (χ3n) is 5.61. The zero-order valence-corrected chi connectivity index (χ0v) is 16.0. The fourth-order valence-electron chi connectivity index (χ4n) is 3.97. The standard InChI is InChI=1S/C20H26F3N3O2/c1-14-3-2-4-17(11-14)26-8-5-15(13-26)12-24-18(27)16-6-9-25(10-7-16)19(28)20(21,22)23/h2-4,11,15-16H,5-10,12-13H2,1H3,(H,24,27). The normalized spacial score (nSPS) is 21.1. The number of alkyl halides is 3. The highest BCUT2D eigenvalue weighted by Gasteiger charge is 2.43. The Labute approximate surface area is 162 Å². The van der Waals surface area contributed by atoms with E-state index in [4.69, 9.17) is 0 Å². The van der Waals surface area contributed by atoms with E-state index < -0.39 is 12.1 Å². The number of likely N-dealkylation sites (tertiary alicyclic amines) is 1. The van der Waals surface area contributed by atoms with E-state index in [0.717, 1.165) is 24.4 Å². The third kappa shape index (κ3) is 4.97. The van der Waals surface area contributed by atoms with Gasteiger partial charge in [-0.25, -0.2) is 0 Å². The van der Waals surface area contributed by atoms with Crippen molar-refractivity contribution in [3.63, 3.8) is 0 Å². The number of hydrogen-bond acceptors (Lipinski definition) is 3. The Kier molecular flexibility index (Phi) is 6.15. The van der Waals surface area contributed by atoms with Gasteiger partial charge in [0.15, 0.2) is 0 Å². The molecule has 1 unspecified atom stereocenters. The highest BCUT2D eigenvalue weighted by Crippen LogP contribution is 2.26. The van der Waals surface area contributed by atoms with Crippen LogP contribution < -0.4 is 10.2 Å². The second-order valence-electron chi connectivity index (χ2n) is 7.75. The number of carbonyl (C=O) groups excluding carboxylic acids is 2. The summed E-state index contributed by atoms with van der Waals surface area (Å²) in [5.41, 5.74) is 2.40. The van der Waals surface area contributed by atoms with E-state index >= 15 is 0 Å². The topological polar surface area (TPSA) is 52.7 Å². The van der Waals surface area contributed by atoms with Gasteiger partial charge < -0.3 is 15.1 Å². The lowest BCUT2D eigenvalue weighted by molar-refractivity contribution is -0.186. The molecule has 2 aliphatic rings. The van der Waals surface area contributed by atoms with Crippen LogP contribution in [0.1, 0.15) is 24.8 Å². The van der Waals surface area contributed by atoms with Gasteiger partial charge in [0.2, 0.25) is 5.91 Å². The molecule has 2 aliphatic heterocycles. The fourth-order valence-corrected chi connectivity index (χ4v) is 3.97. The van der Waals surface area contributed by atoms with Crippen LogP contribution in [0.5, 0.6) is 0 Å². The van der Waals surface area contributed by atoms with Crippen molar-refractivity contribution in [1.29, 1.82) is 0 Å². The molecule has 2 amide bonds. The zero-order valence-electron chi connectivity index (χ0n) is 16.0. The first-order chi connectivity index (χ1) is 13.2. The van der Waals surface area contributed by atoms with Crippen LogP contribution in [-0.2, 0) is 9.59 Å². The predicted molar refractivity (Wildman–Crippen MR) is 99.9 cm³/mol. The van der Waals surface area contributed by atoms with E-state index in [1.807, 2.05) is 6.07 Å². The molecule has 2 fully saturated rings. The molecule has 0 aromatic heterocycles. The maximum atomic E-state index is 12.5. The summed E-state index contributed by atoms with van der Waals surface area (Å²) in [6.45, 7) is 4.40. The van der Waals surface area contributed by atoms with Crippen LogP contribution in [0.15, 0.2) is 24.3 Å². The highest BCUT2D eigenvalue weighted by molar-refractivity contribution is 5.83. The van der Waals surface area contributed by atoms with E-state index in [9.17, 15) is 22.8 Å². The molecule has 1 atom stereocenters. The van der Waals surface area contributed by atoms with Crippen molar-refractivity contribution < 1.29 is 22.8 Å². The second kappa shape index (κ2) is 8.41. The summed E-state index contributed by atoms with van der Waals surface area (Å²) in [5, 5.41) is 2.96. The molecule has 5 nitrogen and oxygen atoms in total. The molecule has 0 aliphatic carbocycles. The van der Waals surface area contributed by atoms with Gasteiger partial charge in [0, 0.05) is 44.3 Å². The second-order valence-corrected chi connectivity index (χ2v) is 7.75. The van der Waals surface area contributed by atoms with E-state index in [1.165, 1.54) is 11.3 Å². The molecule has 1 aromatic rings. The summed E-state index contributed by atoms with van der Waals surface area (Å²) >= 11 is 0. The highest BCUT2D eigenvalue weighted by atomic mass is 19.4. The smallest absolute Gasteiger partial charge is 0.371 e. The molecule has 1 N–H and O–H groups in total. The van der Waals surface area contributed by atoms with Gasteiger partial charge in [-0.1, -0.05) is 12.1 Å². The van der Waals surface area contributed by atoms with Crippen molar-refractivity contribution in [2.24, 2.45) is 11.8 Å². The Bertz CT molecular complexity index is 715. The molecule has 0 bridgehead atoms. The minimum atomic E-state index is -4.85. The zero-order chi connectivity index (χ0) is 20.3. The molecular weight excluding hydrogens is 371 g/mol. The van der Waals surface area contributed by atoms with Crippen LogP contribution >= 0.6 is 0 Å². The largest absolute Gasteiger partial charge is 0.471 e. The number of nitrogens with one attached hydrogen (secondary N) is 1. The Morgan fingerprint density at radius 3 is 2.50 bits per heavy atom. The number of aryl methyl sites for hydroxylation is 1. The molecular formula is C20H26F3N3O2. The molecule has 28 heavy (non-hydrogen) atoms. The van der Waals surface area contributed by atoms with Crippen molar-refractivity contribution >= 4 is 17.5 Å². The quantitative estimate of drug-likeness (QED) is 0.850. The SMILES string of the molecule is Cc1cccc(N2CCC(CNC(=O)C3CCN(C(=O)C(F)(F)F)CC3)C2)c1. The first-order valence-electron chi connectivity index (χ1n) is 9.69. The van der Waals surface area contributed by atoms with Gasteiger partial charge in [-0.15, -0.1) is 0 Å². The average Bonchev–Trinajstić information content (AvgIpc) is 3.14. The number of carbonyl (C=O) groups is 2. The van der Waals surface area contributed by atoms with Crippen LogP contribution in [0.25, 0.3) is 0 Å². The number of nitrogens with zero attached hydrogens (tertiary/aromatic N) is 2. The number of hydrogen-bond donors (Lipinski definition) is 1. The van der Waals surface area contributed by atoms with Gasteiger partial charge >= 0.3 is 12.1 Å². The van der Waals surface area contributed by atoms with Gasteiger partial charge in [0.25, 0.3) is 0 Å². The number of piperidine rings is 1. The lowest BCUT2D eigenvalue weighted by atomic mass is 9.95. The number of halogens is 3. The Balaban J connectivity index is 1.41. The van der Waals surface area contributed by atoms with Gasteiger partial charge in [0.05, 0.1) is 0 Å². The van der Waals surface area contributed by atoms with Crippen molar-refractivity contribution in [2.75, 3.05) is 37.6 Å². The van der Waals surface area contributed by atoms with E-state index in [0.29, 0.717) is 12.5 Å². The Morgan fingerprint density at radius 1 is 1.14 bits per heavy atom. The lowest BCUT2D eigenvalue weighted by Gasteiger charge is -2.31. The Morgan fingerprint density at radius 2 is 1.86 bits per heavy atom. The number of benzene rings is 1. The summed E-state index contributed by atoms with van der Waals surface area (Å²) in [5.74, 6) is -1.90. The molecule has 2 saturated heterocycles. The summed E-state index contributed by atoms with van der Waals surface area (Å²) in [4.78, 5) is 26.7. The maximum absolute atomic E-state index is 12.5. The first kappa shape index (κ1) is 20.5. The molecule has 3 rings (SSSR count). The molecule has 0 saturated carbocycles. The minimum absolute atomic E-state index is 0.0268. The maximum Gasteiger partial charge on any atom is 0.471 e. The van der Waals surface area contributed by atoms with Gasteiger partial charge in [-0.3, -0.25) is 9.59 Å². The van der Waals surface area contributed by atoms with Crippen LogP contribution in [0.3, 0.4) is 0 Å². The number of anilines is 1. The minimum Gasteiger partial charge on any atom is -0.371 e. The van der Waals surface area contributed by atoms with Crippen LogP contribution in [0.2, 0.25) is 0 Å². The van der Waals surface area contributed by atoms with Gasteiger partial charge in [-0.2, -0.15) is 13.2 Å². The Hall–Kier alpha value is -2.25. The molecule has 8 heteroatoms. The first-order valence-corrected chi connectivity index (χ1v) is 9.69. The van der Waals surface area contributed by atoms with Gasteiger partial charge in [0.1, 0.15) is 0 Å². The van der Waals surface area contributed by atoms with Gasteiger partial charge in [-0.05, 0) is 49.8 Å². The predicted octanol–water partition coefficient (Wildman–Crippen LogP) is 2.74. The molecule has 0 radical (unpaired) electrons. The van der Waals surface area contributed by atoms with Crippen LogP contribution in [-0.4, -0.2) is 55.6 Å². The third-order valence-corrected chi connectivity index (χ3v) is 5.61. The summed E-state index contributed by atoms with van der Waals surface area (Å²) in [6.07, 6.45) is -3.31. The average molecular weight is 397 g/mol. The summed E-state index contributed by atoms with van der Waals surface area (Å²) in [7, 11) is 0. The number of rotatable bonds is 4. The van der Waals surface area contributed by atoms with Crippen LogP contribution in [0.4, 0.5) is 18.9 Å². The van der Waals surface area contributed by atoms with Crippen molar-refractivity contribution in [2.45, 2.75) is 32.4 Å². The lowest BCUT2D eigenvalue weighted by Crippen LogP contribution is -2.48. The molecule has 2 heterocycles. The van der Waals surface area contributed by atoms with Crippen molar-refractivity contribution in [3.05, 3.63) is 29.8 Å². The molecule has 1 aromatic carbocycles. The molecule has 154 valence electrons. The van der Waals surface area contributed by atoms with E-state index in [-0.39, 0.29) is 37.8 Å². The van der Waals surface area contributed by atoms with Crippen LogP contribution in [0, 0.1) is 18.8 Å². The summed E-state index contributed by atoms with van der Waals surface area (Å²) in [6, 6.07) is 8.33. The summed E-state index contributed by atoms with van der Waals surface area (Å²) < 4.78 is 37.5. The number of amides is 2. The molecule has 0 spiro atoms. The van der Waals surface area contributed by atoms with Crippen molar-refractivity contribution in [1.82, 2.24) is 10.2 Å².